The summed E-state index contributed by atoms with van der Waals surface area (Å²) in [5.41, 5.74) is 4.38. The van der Waals surface area contributed by atoms with E-state index in [-0.39, 0.29) is 6.79 Å². The highest BCUT2D eigenvalue weighted by Gasteiger charge is 2.14. The van der Waals surface area contributed by atoms with Crippen molar-refractivity contribution in [3.05, 3.63) is 102 Å². The largest absolute Gasteiger partial charge is 0.494 e. The second-order valence-electron chi connectivity index (χ2n) is 9.77. The van der Waals surface area contributed by atoms with Gasteiger partial charge in [0.15, 0.2) is 6.26 Å². The van der Waals surface area contributed by atoms with Crippen molar-refractivity contribution in [3.63, 3.8) is 0 Å². The topological polar surface area (TPSA) is 108 Å². The third-order valence-corrected chi connectivity index (χ3v) is 6.27. The molecular formula is C35H40O10. The molecule has 1 aliphatic carbocycles. The summed E-state index contributed by atoms with van der Waals surface area (Å²) in [4.78, 5) is 34.2. The van der Waals surface area contributed by atoms with Gasteiger partial charge in [-0.1, -0.05) is 24.5 Å². The predicted molar refractivity (Wildman–Crippen MR) is 167 cm³/mol. The summed E-state index contributed by atoms with van der Waals surface area (Å²) >= 11 is 0. The van der Waals surface area contributed by atoms with Crippen molar-refractivity contribution < 1.29 is 47.8 Å². The van der Waals surface area contributed by atoms with Crippen LogP contribution < -0.4 is 18.9 Å². The first-order chi connectivity index (χ1) is 22.0. The average molecular weight is 621 g/mol. The molecule has 0 bridgehead atoms. The van der Waals surface area contributed by atoms with Crippen LogP contribution in [0.1, 0.15) is 37.7 Å². The predicted octanol–water partition coefficient (Wildman–Crippen LogP) is 6.50. The minimum absolute atomic E-state index is 0.00180. The van der Waals surface area contributed by atoms with Crippen LogP contribution in [0, 0.1) is 6.92 Å². The molecule has 0 fully saturated rings. The number of carbonyl (C=O) groups is 2. The molecule has 1 aliphatic rings. The van der Waals surface area contributed by atoms with Crippen LogP contribution in [-0.2, 0) is 28.8 Å². The van der Waals surface area contributed by atoms with E-state index in [1.807, 2.05) is 19.1 Å². The van der Waals surface area contributed by atoms with Gasteiger partial charge in [0, 0.05) is 19.8 Å². The van der Waals surface area contributed by atoms with E-state index in [2.05, 4.69) is 12.3 Å². The number of esters is 2. The molecule has 10 nitrogen and oxygen atoms in total. The fraction of sp³-hybridized carbons (Fsp3) is 0.343. The Morgan fingerprint density at radius 1 is 0.867 bits per heavy atom. The number of ether oxygens (including phenoxy) is 6. The fourth-order valence-corrected chi connectivity index (χ4v) is 3.91. The number of carbonyl (C=O) groups excluding carboxylic acids is 2. The maximum absolute atomic E-state index is 12.7. The van der Waals surface area contributed by atoms with Crippen LogP contribution in [0.4, 0.5) is 0 Å². The molecule has 0 aliphatic heterocycles. The standard InChI is InChI=1S/C35H40O10/c1-4-19-43-44-23-8-7-21-39-30-13-15-31(16-14-30)41-26-42-33-18-17-32(24-27(33)2)45-35(37)29-11-9-28(10-12-29)25-34(36)40-22-6-5-20-38-3/h9,11-19,24-25H,1,5-8,10,20-23,26H2,2-3H3. The maximum Gasteiger partial charge on any atom is 0.343 e. The van der Waals surface area contributed by atoms with Crippen LogP contribution in [0.5, 0.6) is 23.0 Å². The van der Waals surface area contributed by atoms with Crippen molar-refractivity contribution >= 4 is 11.9 Å². The Labute approximate surface area is 264 Å². The van der Waals surface area contributed by atoms with Crippen LogP contribution in [0.3, 0.4) is 0 Å². The molecule has 0 N–H and O–H groups in total. The lowest BCUT2D eigenvalue weighted by molar-refractivity contribution is -0.249. The lowest BCUT2D eigenvalue weighted by atomic mass is 10.0. The maximum atomic E-state index is 12.7. The van der Waals surface area contributed by atoms with E-state index in [1.54, 1.807) is 55.7 Å². The minimum atomic E-state index is -0.490. The van der Waals surface area contributed by atoms with E-state index < -0.39 is 11.9 Å². The molecule has 0 aromatic heterocycles. The first-order valence-corrected chi connectivity index (χ1v) is 14.7. The van der Waals surface area contributed by atoms with E-state index in [0.29, 0.717) is 55.7 Å². The summed E-state index contributed by atoms with van der Waals surface area (Å²) in [7, 11) is 1.64. The van der Waals surface area contributed by atoms with Crippen molar-refractivity contribution in [1.82, 2.24) is 0 Å². The van der Waals surface area contributed by atoms with Gasteiger partial charge >= 0.3 is 11.9 Å². The fourth-order valence-electron chi connectivity index (χ4n) is 3.91. The number of rotatable bonds is 20. The number of methoxy groups -OCH3 is 1. The number of allylic oxidation sites excluding steroid dienone is 3. The van der Waals surface area contributed by atoms with Crippen LogP contribution in [0.25, 0.3) is 0 Å². The molecule has 0 unspecified atom stereocenters. The zero-order chi connectivity index (χ0) is 32.1. The van der Waals surface area contributed by atoms with Gasteiger partial charge in [0.1, 0.15) is 23.0 Å². The van der Waals surface area contributed by atoms with Gasteiger partial charge in [-0.25, -0.2) is 9.59 Å². The third kappa shape index (κ3) is 13.6. The first-order valence-electron chi connectivity index (χ1n) is 14.7. The number of benzene rings is 2. The van der Waals surface area contributed by atoms with Crippen LogP contribution in [-0.4, -0.2) is 52.3 Å². The number of hydrogen-bond donors (Lipinski definition) is 0. The second-order valence-corrected chi connectivity index (χ2v) is 9.77. The molecule has 0 amide bonds. The molecule has 0 saturated heterocycles. The van der Waals surface area contributed by atoms with Gasteiger partial charge in [-0.3, -0.25) is 0 Å². The van der Waals surface area contributed by atoms with E-state index >= 15 is 0 Å². The summed E-state index contributed by atoms with van der Waals surface area (Å²) in [6.45, 7) is 7.20. The van der Waals surface area contributed by atoms with E-state index in [1.165, 1.54) is 12.3 Å². The van der Waals surface area contributed by atoms with E-state index in [4.69, 9.17) is 38.2 Å². The third-order valence-electron chi connectivity index (χ3n) is 6.27. The Balaban J connectivity index is 1.35. The van der Waals surface area contributed by atoms with E-state index in [0.717, 1.165) is 42.6 Å². The zero-order valence-corrected chi connectivity index (χ0v) is 25.8. The molecule has 10 heteroatoms. The van der Waals surface area contributed by atoms with Crippen molar-refractivity contribution in [2.75, 3.05) is 40.3 Å². The van der Waals surface area contributed by atoms with Crippen LogP contribution in [0.2, 0.25) is 0 Å². The molecule has 240 valence electrons. The average Bonchev–Trinajstić information content (AvgIpc) is 3.04. The molecule has 0 saturated carbocycles. The molecule has 45 heavy (non-hydrogen) atoms. The molecule has 0 heterocycles. The SMILES string of the molecule is C=C=COOCCCCOc1ccc(OCOc2ccc(OC(=O)C3=CCC(=CC(=O)OCCCCOC)C=C3)cc2C)cc1. The lowest BCUT2D eigenvalue weighted by Gasteiger charge is -2.13. The Kier molecular flexibility index (Phi) is 15.6. The van der Waals surface area contributed by atoms with Gasteiger partial charge in [0.2, 0.25) is 6.79 Å². The molecule has 2 aromatic carbocycles. The summed E-state index contributed by atoms with van der Waals surface area (Å²) in [5.74, 6) is 1.46. The Morgan fingerprint density at radius 3 is 2.29 bits per heavy atom. The zero-order valence-electron chi connectivity index (χ0n) is 25.8. The molecular weight excluding hydrogens is 580 g/mol. The van der Waals surface area contributed by atoms with E-state index in [9.17, 15) is 9.59 Å². The van der Waals surface area contributed by atoms with Gasteiger partial charge < -0.3 is 33.3 Å². The van der Waals surface area contributed by atoms with Crippen molar-refractivity contribution in [2.24, 2.45) is 0 Å². The van der Waals surface area contributed by atoms with Gasteiger partial charge in [0.25, 0.3) is 0 Å². The normalized spacial score (nSPS) is 12.9. The van der Waals surface area contributed by atoms with Crippen molar-refractivity contribution in [1.29, 1.82) is 0 Å². The Hall–Kier alpha value is -4.76. The number of hydrogen-bond acceptors (Lipinski definition) is 10. The van der Waals surface area contributed by atoms with Gasteiger partial charge in [-0.05, 0) is 98.7 Å². The number of unbranched alkanes of at least 4 members (excludes halogenated alkanes) is 2. The minimum Gasteiger partial charge on any atom is -0.494 e. The highest BCUT2D eigenvalue weighted by Crippen LogP contribution is 2.26. The smallest absolute Gasteiger partial charge is 0.343 e. The summed E-state index contributed by atoms with van der Waals surface area (Å²) in [5, 5.41) is 0. The highest BCUT2D eigenvalue weighted by atomic mass is 17.2. The highest BCUT2D eigenvalue weighted by molar-refractivity contribution is 5.94. The van der Waals surface area contributed by atoms with Gasteiger partial charge in [-0.2, -0.15) is 4.89 Å². The molecule has 2 aromatic rings. The number of aryl methyl sites for hydroxylation is 1. The van der Waals surface area contributed by atoms with Crippen LogP contribution in [0.15, 0.2) is 96.5 Å². The molecule has 0 radical (unpaired) electrons. The summed E-state index contributed by atoms with van der Waals surface area (Å²) < 4.78 is 32.9. The van der Waals surface area contributed by atoms with Crippen LogP contribution >= 0.6 is 0 Å². The van der Waals surface area contributed by atoms with Gasteiger partial charge in [0.05, 0.1) is 25.4 Å². The Morgan fingerprint density at radius 2 is 1.58 bits per heavy atom. The molecule has 0 atom stereocenters. The van der Waals surface area contributed by atoms with Crippen molar-refractivity contribution in [2.45, 2.75) is 39.0 Å². The summed E-state index contributed by atoms with van der Waals surface area (Å²) in [6.07, 6.45) is 11.3. The van der Waals surface area contributed by atoms with Crippen molar-refractivity contribution in [3.8, 4) is 23.0 Å². The lowest BCUT2D eigenvalue weighted by Crippen LogP contribution is -2.12. The first kappa shape index (κ1) is 34.7. The monoisotopic (exact) mass is 620 g/mol. The molecule has 0 spiro atoms. The second kappa shape index (κ2) is 20.2. The van der Waals surface area contributed by atoms with Gasteiger partial charge in [-0.15, -0.1) is 0 Å². The Bertz CT molecular complexity index is 1370. The molecule has 3 rings (SSSR count). The summed E-state index contributed by atoms with van der Waals surface area (Å²) in [6, 6.07) is 12.4. The quantitative estimate of drug-likeness (QED) is 0.0187.